The third-order valence-corrected chi connectivity index (χ3v) is 4.94. The van der Waals surface area contributed by atoms with Crippen molar-refractivity contribution in [2.75, 3.05) is 6.61 Å². The molecule has 0 aromatic rings. The normalized spacial score (nSPS) is 31.3. The second kappa shape index (κ2) is 6.67. The molecule has 1 saturated carbocycles. The van der Waals surface area contributed by atoms with E-state index in [0.29, 0.717) is 10.7 Å². The lowest BCUT2D eigenvalue weighted by molar-refractivity contribution is -0.146. The molecule has 0 radical (unpaired) electrons. The van der Waals surface area contributed by atoms with Crippen LogP contribution < -0.4 is 5.32 Å². The van der Waals surface area contributed by atoms with Gasteiger partial charge in [-0.05, 0) is 25.2 Å². The van der Waals surface area contributed by atoms with Gasteiger partial charge in [0, 0.05) is 0 Å². The number of nitrogens with one attached hydrogen (secondary N) is 1. The minimum atomic E-state index is -0.946. The van der Waals surface area contributed by atoms with Gasteiger partial charge in [-0.1, -0.05) is 36.8 Å². The number of thioether (sulfide) groups is 1. The number of aliphatic carboxylic acids is 1. The Morgan fingerprint density at radius 1 is 1.47 bits per heavy atom. The molecule has 0 bridgehead atoms. The standard InChI is InChI=1S/C12H17NO4S2/c14-10(15)6-17-8-4-2-1-3-7(8)5-9-11(16)13-12(18)19-9/h7-9H,1-6H2,(H,14,15)(H,13,16,18)/t7-,8?,9+/m1/s1. The van der Waals surface area contributed by atoms with Crippen LogP contribution in [-0.2, 0) is 14.3 Å². The number of carbonyl (C=O) groups is 2. The summed E-state index contributed by atoms with van der Waals surface area (Å²) in [4.78, 5) is 22.3. The summed E-state index contributed by atoms with van der Waals surface area (Å²) in [5.41, 5.74) is 0. The van der Waals surface area contributed by atoms with E-state index < -0.39 is 5.97 Å². The van der Waals surface area contributed by atoms with Crippen LogP contribution in [0.4, 0.5) is 0 Å². The first kappa shape index (κ1) is 14.7. The number of amides is 1. The van der Waals surface area contributed by atoms with Crippen molar-refractivity contribution in [2.24, 2.45) is 5.92 Å². The first-order chi connectivity index (χ1) is 9.06. The van der Waals surface area contributed by atoms with Crippen LogP contribution in [0.1, 0.15) is 32.1 Å². The van der Waals surface area contributed by atoms with E-state index in [1.54, 1.807) is 0 Å². The molecular formula is C12H17NO4S2. The Morgan fingerprint density at radius 2 is 2.21 bits per heavy atom. The van der Waals surface area contributed by atoms with Crippen molar-refractivity contribution in [3.63, 3.8) is 0 Å². The number of thiocarbonyl (C=S) groups is 1. The predicted molar refractivity (Wildman–Crippen MR) is 76.1 cm³/mol. The zero-order chi connectivity index (χ0) is 13.8. The van der Waals surface area contributed by atoms with Crippen molar-refractivity contribution in [3.05, 3.63) is 0 Å². The average Bonchev–Trinajstić information content (AvgIpc) is 2.67. The monoisotopic (exact) mass is 303 g/mol. The van der Waals surface area contributed by atoms with Crippen LogP contribution in [0, 0.1) is 5.92 Å². The fourth-order valence-electron chi connectivity index (χ4n) is 2.66. The third kappa shape index (κ3) is 4.15. The van der Waals surface area contributed by atoms with Crippen LogP contribution in [0.5, 0.6) is 0 Å². The first-order valence-electron chi connectivity index (χ1n) is 6.41. The maximum atomic E-state index is 11.7. The van der Waals surface area contributed by atoms with Gasteiger partial charge in [-0.25, -0.2) is 4.79 Å². The Hall–Kier alpha value is -0.660. The lowest BCUT2D eigenvalue weighted by Crippen LogP contribution is -2.34. The molecule has 2 aliphatic rings. The zero-order valence-corrected chi connectivity index (χ0v) is 12.1. The van der Waals surface area contributed by atoms with Gasteiger partial charge in [0.05, 0.1) is 11.4 Å². The summed E-state index contributed by atoms with van der Waals surface area (Å²) in [5.74, 6) is -0.728. The molecule has 2 rings (SSSR count). The molecule has 0 aromatic carbocycles. The number of carboxylic acids is 1. The summed E-state index contributed by atoms with van der Waals surface area (Å²) in [6.07, 6.45) is 4.70. The Kier molecular flexibility index (Phi) is 5.18. The van der Waals surface area contributed by atoms with E-state index in [0.717, 1.165) is 25.7 Å². The summed E-state index contributed by atoms with van der Waals surface area (Å²) in [7, 11) is 0. The van der Waals surface area contributed by atoms with Gasteiger partial charge in [-0.15, -0.1) is 0 Å². The van der Waals surface area contributed by atoms with E-state index in [1.807, 2.05) is 0 Å². The van der Waals surface area contributed by atoms with E-state index in [-0.39, 0.29) is 29.8 Å². The van der Waals surface area contributed by atoms with E-state index in [4.69, 9.17) is 22.1 Å². The number of carboxylic acid groups (broad SMARTS) is 1. The number of hydrogen-bond acceptors (Lipinski definition) is 5. The van der Waals surface area contributed by atoms with Crippen LogP contribution in [0.2, 0.25) is 0 Å². The number of carbonyl (C=O) groups excluding carboxylic acids is 1. The third-order valence-electron chi connectivity index (χ3n) is 3.54. The zero-order valence-electron chi connectivity index (χ0n) is 10.5. The van der Waals surface area contributed by atoms with Crippen molar-refractivity contribution < 1.29 is 19.4 Å². The molecule has 5 nitrogen and oxygen atoms in total. The lowest BCUT2D eigenvalue weighted by atomic mass is 9.83. The van der Waals surface area contributed by atoms with Gasteiger partial charge in [0.2, 0.25) is 5.91 Å². The highest BCUT2D eigenvalue weighted by molar-refractivity contribution is 8.24. The number of ether oxygens (including phenoxy) is 1. The summed E-state index contributed by atoms with van der Waals surface area (Å²) in [6, 6.07) is 0. The molecular weight excluding hydrogens is 286 g/mol. The fourth-order valence-corrected chi connectivity index (χ4v) is 4.04. The molecule has 3 atom stereocenters. The molecule has 1 aliphatic carbocycles. The van der Waals surface area contributed by atoms with Crippen LogP contribution in [0.15, 0.2) is 0 Å². The highest BCUT2D eigenvalue weighted by Crippen LogP contribution is 2.34. The molecule has 7 heteroatoms. The van der Waals surface area contributed by atoms with Gasteiger partial charge in [0.25, 0.3) is 0 Å². The second-order valence-corrected chi connectivity index (χ2v) is 6.79. The maximum absolute atomic E-state index is 11.7. The molecule has 106 valence electrons. The molecule has 2 fully saturated rings. The van der Waals surface area contributed by atoms with Crippen LogP contribution >= 0.6 is 24.0 Å². The Bertz CT molecular complexity index is 388. The van der Waals surface area contributed by atoms with Crippen molar-refractivity contribution in [1.82, 2.24) is 5.32 Å². The first-order valence-corrected chi connectivity index (χ1v) is 7.70. The van der Waals surface area contributed by atoms with Crippen LogP contribution in [0.25, 0.3) is 0 Å². The molecule has 0 aromatic heterocycles. The minimum Gasteiger partial charge on any atom is -0.480 e. The highest BCUT2D eigenvalue weighted by atomic mass is 32.2. The number of hydrogen-bond donors (Lipinski definition) is 2. The highest BCUT2D eigenvalue weighted by Gasteiger charge is 2.35. The van der Waals surface area contributed by atoms with Gasteiger partial charge in [-0.2, -0.15) is 0 Å². The van der Waals surface area contributed by atoms with E-state index in [2.05, 4.69) is 5.32 Å². The topological polar surface area (TPSA) is 75.6 Å². The lowest BCUT2D eigenvalue weighted by Gasteiger charge is -2.32. The Morgan fingerprint density at radius 3 is 2.84 bits per heavy atom. The molecule has 1 aliphatic heterocycles. The van der Waals surface area contributed by atoms with Gasteiger partial charge in [0.15, 0.2) is 0 Å². The Balaban J connectivity index is 1.90. The number of rotatable bonds is 5. The van der Waals surface area contributed by atoms with Crippen LogP contribution in [-0.4, -0.2) is 39.3 Å². The molecule has 1 unspecified atom stereocenters. The van der Waals surface area contributed by atoms with Crippen LogP contribution in [0.3, 0.4) is 0 Å². The van der Waals surface area contributed by atoms with Gasteiger partial charge >= 0.3 is 5.97 Å². The largest absolute Gasteiger partial charge is 0.480 e. The van der Waals surface area contributed by atoms with E-state index >= 15 is 0 Å². The minimum absolute atomic E-state index is 0.0300. The van der Waals surface area contributed by atoms with Crippen molar-refractivity contribution >= 4 is 40.2 Å². The quantitative estimate of drug-likeness (QED) is 0.751. The van der Waals surface area contributed by atoms with Gasteiger partial charge < -0.3 is 15.2 Å². The smallest absolute Gasteiger partial charge is 0.329 e. The summed E-state index contributed by atoms with van der Waals surface area (Å²) in [5, 5.41) is 11.2. The molecule has 0 spiro atoms. The molecule has 19 heavy (non-hydrogen) atoms. The molecule has 2 N–H and O–H groups in total. The maximum Gasteiger partial charge on any atom is 0.329 e. The van der Waals surface area contributed by atoms with E-state index in [1.165, 1.54) is 11.8 Å². The van der Waals surface area contributed by atoms with Crippen molar-refractivity contribution in [1.29, 1.82) is 0 Å². The van der Waals surface area contributed by atoms with Crippen molar-refractivity contribution in [3.8, 4) is 0 Å². The summed E-state index contributed by atoms with van der Waals surface area (Å²) < 4.78 is 5.99. The van der Waals surface area contributed by atoms with Crippen molar-refractivity contribution in [2.45, 2.75) is 43.5 Å². The summed E-state index contributed by atoms with van der Waals surface area (Å²) >= 11 is 6.37. The average molecular weight is 303 g/mol. The predicted octanol–water partition coefficient (Wildman–Crippen LogP) is 1.55. The SMILES string of the molecule is O=C(O)COC1CCCC[C@@H]1C[C@@H]1SC(=S)NC1=O. The van der Waals surface area contributed by atoms with E-state index in [9.17, 15) is 9.59 Å². The van der Waals surface area contributed by atoms with Gasteiger partial charge in [0.1, 0.15) is 10.9 Å². The summed E-state index contributed by atoms with van der Waals surface area (Å²) in [6.45, 7) is -0.260. The Labute approximate surface area is 121 Å². The second-order valence-electron chi connectivity index (χ2n) is 4.91. The molecule has 1 saturated heterocycles. The molecule has 1 heterocycles. The molecule has 1 amide bonds. The van der Waals surface area contributed by atoms with Gasteiger partial charge in [-0.3, -0.25) is 4.79 Å². The fraction of sp³-hybridized carbons (Fsp3) is 0.750.